The largest absolute Gasteiger partial charge is 0.393 e. The lowest BCUT2D eigenvalue weighted by atomic mass is 9.70. The van der Waals surface area contributed by atoms with Crippen LogP contribution in [0.5, 0.6) is 0 Å². The van der Waals surface area contributed by atoms with Gasteiger partial charge in [0, 0.05) is 6.04 Å². The summed E-state index contributed by atoms with van der Waals surface area (Å²) in [5.41, 5.74) is 6.14. The van der Waals surface area contributed by atoms with Crippen LogP contribution in [0.25, 0.3) is 0 Å². The highest BCUT2D eigenvalue weighted by Crippen LogP contribution is 2.37. The van der Waals surface area contributed by atoms with Crippen LogP contribution < -0.4 is 5.73 Å². The fourth-order valence-electron chi connectivity index (χ4n) is 2.04. The van der Waals surface area contributed by atoms with Gasteiger partial charge in [-0.25, -0.2) is 0 Å². The number of nitrogens with two attached hydrogens (primary N) is 1. The minimum Gasteiger partial charge on any atom is -0.393 e. The Hall–Kier alpha value is -0.0800. The molecule has 0 spiro atoms. The molecule has 0 aromatic carbocycles. The molecule has 1 fully saturated rings. The Morgan fingerprint density at radius 2 is 1.75 bits per heavy atom. The van der Waals surface area contributed by atoms with E-state index in [1.54, 1.807) is 0 Å². The molecule has 0 saturated heterocycles. The summed E-state index contributed by atoms with van der Waals surface area (Å²) in [5.74, 6) is 0.580. The first-order valence-electron chi connectivity index (χ1n) is 4.83. The lowest BCUT2D eigenvalue weighted by Gasteiger charge is -2.38. The van der Waals surface area contributed by atoms with Crippen LogP contribution in [0.3, 0.4) is 0 Å². The average molecular weight is 171 g/mol. The van der Waals surface area contributed by atoms with Crippen LogP contribution in [0.1, 0.15) is 40.0 Å². The van der Waals surface area contributed by atoms with Gasteiger partial charge in [0.25, 0.3) is 0 Å². The Labute approximate surface area is 75.2 Å². The normalized spacial score (nSPS) is 38.2. The van der Waals surface area contributed by atoms with Gasteiger partial charge in [-0.2, -0.15) is 0 Å². The quantitative estimate of drug-likeness (QED) is 0.580. The van der Waals surface area contributed by atoms with Crippen molar-refractivity contribution in [3.05, 3.63) is 0 Å². The lowest BCUT2D eigenvalue weighted by molar-refractivity contribution is 0.0489. The van der Waals surface area contributed by atoms with E-state index in [0.29, 0.717) is 11.3 Å². The van der Waals surface area contributed by atoms with Crippen LogP contribution >= 0.6 is 0 Å². The van der Waals surface area contributed by atoms with Crippen LogP contribution in [0.15, 0.2) is 0 Å². The smallest absolute Gasteiger partial charge is 0.0557 e. The minimum absolute atomic E-state index is 0.169. The summed E-state index contributed by atoms with van der Waals surface area (Å²) in [6.07, 6.45) is 2.61. The van der Waals surface area contributed by atoms with Crippen molar-refractivity contribution in [2.24, 2.45) is 17.1 Å². The fraction of sp³-hybridized carbons (Fsp3) is 1.00. The second-order valence-electron chi connectivity index (χ2n) is 5.18. The summed E-state index contributed by atoms with van der Waals surface area (Å²) < 4.78 is 0. The zero-order chi connectivity index (χ0) is 9.35. The Morgan fingerprint density at radius 1 is 1.17 bits per heavy atom. The predicted octanol–water partition coefficient (Wildman–Crippen LogP) is 1.52. The van der Waals surface area contributed by atoms with E-state index in [1.807, 2.05) is 0 Å². The van der Waals surface area contributed by atoms with Crippen molar-refractivity contribution in [3.63, 3.8) is 0 Å². The molecule has 3 atom stereocenters. The molecule has 0 aromatic heterocycles. The monoisotopic (exact) mass is 171 g/mol. The van der Waals surface area contributed by atoms with Gasteiger partial charge in [-0.1, -0.05) is 20.8 Å². The van der Waals surface area contributed by atoms with Crippen LogP contribution in [0.2, 0.25) is 0 Å². The zero-order valence-electron chi connectivity index (χ0n) is 8.38. The molecule has 3 unspecified atom stereocenters. The van der Waals surface area contributed by atoms with E-state index in [-0.39, 0.29) is 12.1 Å². The van der Waals surface area contributed by atoms with Crippen LogP contribution in [0.4, 0.5) is 0 Å². The Morgan fingerprint density at radius 3 is 2.17 bits per heavy atom. The molecule has 2 heteroatoms. The number of rotatable bonds is 0. The Balaban J connectivity index is 2.55. The highest BCUT2D eigenvalue weighted by Gasteiger charge is 2.32. The molecule has 1 rings (SSSR count). The van der Waals surface area contributed by atoms with Crippen molar-refractivity contribution in [1.82, 2.24) is 0 Å². The summed E-state index contributed by atoms with van der Waals surface area (Å²) in [6, 6.07) is 0.206. The second-order valence-corrected chi connectivity index (χ2v) is 5.18. The number of hydrogen-bond acceptors (Lipinski definition) is 2. The van der Waals surface area contributed by atoms with Gasteiger partial charge in [-0.05, 0) is 30.6 Å². The molecule has 72 valence electrons. The van der Waals surface area contributed by atoms with E-state index in [2.05, 4.69) is 20.8 Å². The van der Waals surface area contributed by atoms with Crippen LogP contribution in [0, 0.1) is 11.3 Å². The third kappa shape index (κ3) is 2.46. The standard InChI is InChI=1S/C10H21NO/c1-10(2,3)7-4-8(11)6-9(12)5-7/h7-9,12H,4-6,11H2,1-3H3. The van der Waals surface area contributed by atoms with Crippen LogP contribution in [-0.2, 0) is 0 Å². The lowest BCUT2D eigenvalue weighted by Crippen LogP contribution is -2.39. The summed E-state index contributed by atoms with van der Waals surface area (Å²) in [7, 11) is 0. The van der Waals surface area contributed by atoms with Crippen molar-refractivity contribution in [2.75, 3.05) is 0 Å². The molecule has 1 saturated carbocycles. The maximum Gasteiger partial charge on any atom is 0.0557 e. The SMILES string of the molecule is CC(C)(C)C1CC(N)CC(O)C1. The van der Waals surface area contributed by atoms with Crippen molar-refractivity contribution >= 4 is 0 Å². The van der Waals surface area contributed by atoms with Gasteiger partial charge in [-0.3, -0.25) is 0 Å². The minimum atomic E-state index is -0.169. The van der Waals surface area contributed by atoms with Gasteiger partial charge in [0.15, 0.2) is 0 Å². The van der Waals surface area contributed by atoms with Crippen LogP contribution in [-0.4, -0.2) is 17.3 Å². The Bertz CT molecular complexity index is 140. The van der Waals surface area contributed by atoms with Crippen molar-refractivity contribution in [1.29, 1.82) is 0 Å². The van der Waals surface area contributed by atoms with E-state index in [9.17, 15) is 5.11 Å². The molecule has 0 amide bonds. The van der Waals surface area contributed by atoms with Gasteiger partial charge in [-0.15, -0.1) is 0 Å². The summed E-state index contributed by atoms with van der Waals surface area (Å²) >= 11 is 0. The average Bonchev–Trinajstić information content (AvgIpc) is 1.82. The number of aliphatic hydroxyl groups excluding tert-OH is 1. The van der Waals surface area contributed by atoms with Gasteiger partial charge in [0.2, 0.25) is 0 Å². The summed E-state index contributed by atoms with van der Waals surface area (Å²) in [6.45, 7) is 6.67. The fourth-order valence-corrected chi connectivity index (χ4v) is 2.04. The maximum atomic E-state index is 9.53. The molecule has 0 radical (unpaired) electrons. The molecule has 3 N–H and O–H groups in total. The number of hydrogen-bond donors (Lipinski definition) is 2. The van der Waals surface area contributed by atoms with Crippen molar-refractivity contribution in [3.8, 4) is 0 Å². The molecule has 0 aromatic rings. The molecule has 2 nitrogen and oxygen atoms in total. The van der Waals surface area contributed by atoms with Gasteiger partial charge >= 0.3 is 0 Å². The first-order valence-corrected chi connectivity index (χ1v) is 4.83. The molecule has 0 bridgehead atoms. The molecule has 0 aliphatic heterocycles. The van der Waals surface area contributed by atoms with E-state index in [4.69, 9.17) is 5.73 Å². The topological polar surface area (TPSA) is 46.2 Å². The van der Waals surface area contributed by atoms with Gasteiger partial charge < -0.3 is 10.8 Å². The molecular formula is C10H21NO. The number of aliphatic hydroxyl groups is 1. The highest BCUT2D eigenvalue weighted by molar-refractivity contribution is 4.86. The third-order valence-electron chi connectivity index (χ3n) is 2.94. The first-order chi connectivity index (χ1) is 5.39. The molecule has 0 heterocycles. The second kappa shape index (κ2) is 3.35. The van der Waals surface area contributed by atoms with Gasteiger partial charge in [0.1, 0.15) is 0 Å². The van der Waals surface area contributed by atoms with E-state index >= 15 is 0 Å². The molecule has 1 aliphatic carbocycles. The molecular weight excluding hydrogens is 150 g/mol. The van der Waals surface area contributed by atoms with Crippen molar-refractivity contribution < 1.29 is 5.11 Å². The Kier molecular flexibility index (Phi) is 2.79. The summed E-state index contributed by atoms with van der Waals surface area (Å²) in [4.78, 5) is 0. The predicted molar refractivity (Wildman–Crippen MR) is 50.8 cm³/mol. The van der Waals surface area contributed by atoms with Crippen molar-refractivity contribution in [2.45, 2.75) is 52.2 Å². The zero-order valence-corrected chi connectivity index (χ0v) is 8.38. The van der Waals surface area contributed by atoms with E-state index in [0.717, 1.165) is 19.3 Å². The third-order valence-corrected chi connectivity index (χ3v) is 2.94. The van der Waals surface area contributed by atoms with Gasteiger partial charge in [0.05, 0.1) is 6.10 Å². The molecule has 1 aliphatic rings. The van der Waals surface area contributed by atoms with E-state index in [1.165, 1.54) is 0 Å². The van der Waals surface area contributed by atoms with E-state index < -0.39 is 0 Å². The summed E-state index contributed by atoms with van der Waals surface area (Å²) in [5, 5.41) is 9.53. The maximum absolute atomic E-state index is 9.53. The molecule has 12 heavy (non-hydrogen) atoms. The highest BCUT2D eigenvalue weighted by atomic mass is 16.3. The first kappa shape index (κ1) is 10.0.